The van der Waals surface area contributed by atoms with Crippen LogP contribution in [0.5, 0.6) is 5.75 Å². The van der Waals surface area contributed by atoms with Crippen LogP contribution in [0.1, 0.15) is 25.3 Å². The number of aromatic hydroxyl groups is 1. The van der Waals surface area contributed by atoms with E-state index in [1.54, 1.807) is 0 Å². The molecule has 4 nitrogen and oxygen atoms in total. The van der Waals surface area contributed by atoms with E-state index in [4.69, 9.17) is 0 Å². The summed E-state index contributed by atoms with van der Waals surface area (Å²) in [5.74, 6) is 0.225. The van der Waals surface area contributed by atoms with E-state index in [-0.39, 0.29) is 17.7 Å². The van der Waals surface area contributed by atoms with Crippen LogP contribution in [-0.2, 0) is 11.3 Å². The maximum Gasteiger partial charge on any atom is 0.237 e. The number of phenolic OH excluding ortho intramolecular Hbond substituents is 1. The molecular formula is C13H16Br2N2O2. The van der Waals surface area contributed by atoms with Crippen LogP contribution >= 0.6 is 31.9 Å². The van der Waals surface area contributed by atoms with Crippen LogP contribution in [0.3, 0.4) is 0 Å². The highest BCUT2D eigenvalue weighted by atomic mass is 79.9. The monoisotopic (exact) mass is 390 g/mol. The Kier molecular flexibility index (Phi) is 4.86. The van der Waals surface area contributed by atoms with Gasteiger partial charge < -0.3 is 15.7 Å². The molecule has 1 aliphatic rings. The van der Waals surface area contributed by atoms with Crippen LogP contribution in [0.2, 0.25) is 0 Å². The zero-order valence-electron chi connectivity index (χ0n) is 10.5. The molecule has 0 saturated heterocycles. The Morgan fingerprint density at radius 1 is 1.42 bits per heavy atom. The summed E-state index contributed by atoms with van der Waals surface area (Å²) in [4.78, 5) is 11.8. The molecule has 1 unspecified atom stereocenters. The second-order valence-corrected chi connectivity index (χ2v) is 6.50. The van der Waals surface area contributed by atoms with E-state index in [1.807, 2.05) is 19.1 Å². The minimum absolute atomic E-state index is 0.0411. The SMILES string of the molecule is CC(NCc1cc(Br)c(O)c(Br)c1)C(=O)NC1CC1. The van der Waals surface area contributed by atoms with E-state index in [9.17, 15) is 9.90 Å². The van der Waals surface area contributed by atoms with Crippen molar-refractivity contribution in [1.29, 1.82) is 0 Å². The lowest BCUT2D eigenvalue weighted by Gasteiger charge is -2.14. The predicted octanol–water partition coefficient (Wildman–Crippen LogP) is 2.67. The first-order valence-corrected chi connectivity index (χ1v) is 7.76. The van der Waals surface area contributed by atoms with Gasteiger partial charge in [-0.05, 0) is 69.3 Å². The van der Waals surface area contributed by atoms with E-state index in [2.05, 4.69) is 42.5 Å². The molecule has 0 bridgehead atoms. The van der Waals surface area contributed by atoms with Gasteiger partial charge in [-0.25, -0.2) is 0 Å². The fourth-order valence-electron chi connectivity index (χ4n) is 1.64. The summed E-state index contributed by atoms with van der Waals surface area (Å²) in [6.07, 6.45) is 2.19. The molecule has 104 valence electrons. The maximum absolute atomic E-state index is 11.8. The lowest BCUT2D eigenvalue weighted by atomic mass is 10.2. The Hall–Kier alpha value is -0.590. The maximum atomic E-state index is 11.8. The zero-order valence-corrected chi connectivity index (χ0v) is 13.7. The number of carbonyl (C=O) groups excluding carboxylic acids is 1. The van der Waals surface area contributed by atoms with Crippen molar-refractivity contribution >= 4 is 37.8 Å². The normalized spacial score (nSPS) is 16.2. The molecule has 3 N–H and O–H groups in total. The molecule has 0 heterocycles. The van der Waals surface area contributed by atoms with E-state index in [0.717, 1.165) is 18.4 Å². The number of amides is 1. The van der Waals surface area contributed by atoms with Crippen molar-refractivity contribution in [3.8, 4) is 5.75 Å². The molecule has 1 amide bonds. The molecular weight excluding hydrogens is 376 g/mol. The Balaban J connectivity index is 1.88. The van der Waals surface area contributed by atoms with Gasteiger partial charge in [0.1, 0.15) is 5.75 Å². The van der Waals surface area contributed by atoms with Crippen molar-refractivity contribution in [2.24, 2.45) is 0 Å². The van der Waals surface area contributed by atoms with Gasteiger partial charge in [0.15, 0.2) is 0 Å². The van der Waals surface area contributed by atoms with Crippen LogP contribution in [0, 0.1) is 0 Å². The third kappa shape index (κ3) is 4.19. The van der Waals surface area contributed by atoms with Crippen LogP contribution in [0.15, 0.2) is 21.1 Å². The van der Waals surface area contributed by atoms with Crippen molar-refractivity contribution < 1.29 is 9.90 Å². The molecule has 1 aliphatic carbocycles. The number of hydrogen-bond acceptors (Lipinski definition) is 3. The smallest absolute Gasteiger partial charge is 0.237 e. The standard InChI is InChI=1S/C13H16Br2N2O2/c1-7(13(19)17-9-2-3-9)16-6-8-4-10(14)12(18)11(15)5-8/h4-5,7,9,16,18H,2-3,6H2,1H3,(H,17,19). The third-order valence-corrected chi connectivity index (χ3v) is 4.22. The van der Waals surface area contributed by atoms with E-state index in [0.29, 0.717) is 21.5 Å². The van der Waals surface area contributed by atoms with E-state index < -0.39 is 0 Å². The number of hydrogen-bond donors (Lipinski definition) is 3. The van der Waals surface area contributed by atoms with Crippen molar-refractivity contribution in [3.63, 3.8) is 0 Å². The van der Waals surface area contributed by atoms with Gasteiger partial charge in [-0.15, -0.1) is 0 Å². The molecule has 1 aromatic rings. The minimum Gasteiger partial charge on any atom is -0.506 e. The van der Waals surface area contributed by atoms with Crippen LogP contribution in [0.4, 0.5) is 0 Å². The van der Waals surface area contributed by atoms with Gasteiger partial charge in [-0.1, -0.05) is 0 Å². The van der Waals surface area contributed by atoms with E-state index >= 15 is 0 Å². The van der Waals surface area contributed by atoms with Gasteiger partial charge in [-0.3, -0.25) is 4.79 Å². The van der Waals surface area contributed by atoms with Crippen molar-refractivity contribution in [3.05, 3.63) is 26.6 Å². The van der Waals surface area contributed by atoms with Gasteiger partial charge in [0.25, 0.3) is 0 Å². The fourth-order valence-corrected chi connectivity index (χ4v) is 2.92. The number of carbonyl (C=O) groups is 1. The van der Waals surface area contributed by atoms with Gasteiger partial charge in [0.2, 0.25) is 5.91 Å². The second-order valence-electron chi connectivity index (χ2n) is 4.79. The van der Waals surface area contributed by atoms with Crippen LogP contribution in [-0.4, -0.2) is 23.1 Å². The summed E-state index contributed by atoms with van der Waals surface area (Å²) in [7, 11) is 0. The molecule has 1 atom stereocenters. The minimum atomic E-state index is -0.230. The molecule has 0 aliphatic heterocycles. The molecule has 6 heteroatoms. The van der Waals surface area contributed by atoms with Crippen molar-refractivity contribution in [1.82, 2.24) is 10.6 Å². The number of phenols is 1. The number of halogens is 2. The molecule has 19 heavy (non-hydrogen) atoms. The lowest BCUT2D eigenvalue weighted by molar-refractivity contribution is -0.122. The molecule has 1 saturated carbocycles. The average Bonchev–Trinajstić information content (AvgIpc) is 3.16. The Morgan fingerprint density at radius 3 is 2.53 bits per heavy atom. The summed E-state index contributed by atoms with van der Waals surface area (Å²) in [5, 5.41) is 15.8. The van der Waals surface area contributed by atoms with Gasteiger partial charge in [-0.2, -0.15) is 0 Å². The summed E-state index contributed by atoms with van der Waals surface area (Å²) < 4.78 is 1.27. The first-order chi connectivity index (χ1) is 8.97. The Morgan fingerprint density at radius 2 is 2.00 bits per heavy atom. The quantitative estimate of drug-likeness (QED) is 0.723. The average molecular weight is 392 g/mol. The van der Waals surface area contributed by atoms with E-state index in [1.165, 1.54) is 0 Å². The van der Waals surface area contributed by atoms with Gasteiger partial charge >= 0.3 is 0 Å². The summed E-state index contributed by atoms with van der Waals surface area (Å²) >= 11 is 6.57. The lowest BCUT2D eigenvalue weighted by Crippen LogP contribution is -2.42. The van der Waals surface area contributed by atoms with Crippen LogP contribution in [0.25, 0.3) is 0 Å². The predicted molar refractivity (Wildman–Crippen MR) is 81.0 cm³/mol. The molecule has 2 rings (SSSR count). The second kappa shape index (κ2) is 6.24. The highest BCUT2D eigenvalue weighted by molar-refractivity contribution is 9.11. The first-order valence-electron chi connectivity index (χ1n) is 6.18. The fraction of sp³-hybridized carbons (Fsp3) is 0.462. The highest BCUT2D eigenvalue weighted by Crippen LogP contribution is 2.33. The molecule has 0 radical (unpaired) electrons. The molecule has 1 fully saturated rings. The number of nitrogens with one attached hydrogen (secondary N) is 2. The Labute approximate surface area is 129 Å². The third-order valence-electron chi connectivity index (χ3n) is 3.01. The highest BCUT2D eigenvalue weighted by Gasteiger charge is 2.25. The Bertz CT molecular complexity index is 467. The molecule has 0 spiro atoms. The van der Waals surface area contributed by atoms with Crippen LogP contribution < -0.4 is 10.6 Å². The van der Waals surface area contributed by atoms with Crippen molar-refractivity contribution in [2.45, 2.75) is 38.4 Å². The molecule has 0 aromatic heterocycles. The molecule has 1 aromatic carbocycles. The summed E-state index contributed by atoms with van der Waals surface area (Å²) in [6.45, 7) is 2.42. The summed E-state index contributed by atoms with van der Waals surface area (Å²) in [6, 6.07) is 3.82. The topological polar surface area (TPSA) is 61.4 Å². The summed E-state index contributed by atoms with van der Waals surface area (Å²) in [5.41, 5.74) is 0.989. The van der Waals surface area contributed by atoms with Crippen molar-refractivity contribution in [2.75, 3.05) is 0 Å². The van der Waals surface area contributed by atoms with Gasteiger partial charge in [0, 0.05) is 12.6 Å². The number of benzene rings is 1. The first kappa shape index (κ1) is 14.8. The number of rotatable bonds is 5. The largest absolute Gasteiger partial charge is 0.506 e. The zero-order chi connectivity index (χ0) is 14.0. The van der Waals surface area contributed by atoms with Gasteiger partial charge in [0.05, 0.1) is 15.0 Å².